The Morgan fingerprint density at radius 2 is 1.94 bits per heavy atom. The van der Waals surface area contributed by atoms with Crippen molar-refractivity contribution in [3.63, 3.8) is 0 Å². The molecule has 0 spiro atoms. The second kappa shape index (κ2) is 4.54. The van der Waals surface area contributed by atoms with Crippen LogP contribution >= 0.6 is 11.3 Å². The zero-order valence-corrected chi connectivity index (χ0v) is 11.1. The number of rotatable bonds is 1. The van der Waals surface area contributed by atoms with Gasteiger partial charge in [-0.25, -0.2) is 0 Å². The minimum atomic E-state index is 0.197. The molecule has 0 N–H and O–H groups in total. The van der Waals surface area contributed by atoms with Crippen LogP contribution in [-0.4, -0.2) is 5.78 Å². The number of aryl methyl sites for hydroxylation is 2. The van der Waals surface area contributed by atoms with Crippen LogP contribution in [0.25, 0.3) is 6.08 Å². The van der Waals surface area contributed by atoms with Crippen molar-refractivity contribution >= 4 is 23.2 Å². The Kier molecular flexibility index (Phi) is 2.88. The highest BCUT2D eigenvalue weighted by Crippen LogP contribution is 2.28. The molecule has 18 heavy (non-hydrogen) atoms. The van der Waals surface area contributed by atoms with E-state index in [2.05, 4.69) is 31.2 Å². The molecule has 1 aromatic heterocycles. The number of thiophene rings is 1. The third kappa shape index (κ3) is 2.04. The highest BCUT2D eigenvalue weighted by molar-refractivity contribution is 7.12. The largest absolute Gasteiger partial charge is 0.289 e. The lowest BCUT2D eigenvalue weighted by molar-refractivity contribution is 0.102. The van der Waals surface area contributed by atoms with Crippen LogP contribution in [0.5, 0.6) is 0 Å². The first-order chi connectivity index (χ1) is 8.74. The molecule has 1 aromatic carbocycles. The van der Waals surface area contributed by atoms with Crippen molar-refractivity contribution in [3.05, 3.63) is 62.9 Å². The summed E-state index contributed by atoms with van der Waals surface area (Å²) in [4.78, 5) is 14.8. The fourth-order valence-corrected chi connectivity index (χ4v) is 3.20. The van der Waals surface area contributed by atoms with E-state index in [4.69, 9.17) is 0 Å². The Labute approximate surface area is 111 Å². The molecule has 2 aromatic rings. The molecule has 0 aliphatic heterocycles. The lowest BCUT2D eigenvalue weighted by Crippen LogP contribution is -2.13. The molecule has 1 aliphatic rings. The highest BCUT2D eigenvalue weighted by Gasteiger charge is 2.21. The molecule has 0 unspecified atom stereocenters. The van der Waals surface area contributed by atoms with Gasteiger partial charge in [-0.3, -0.25) is 4.79 Å². The molecule has 90 valence electrons. The Morgan fingerprint density at radius 3 is 2.72 bits per heavy atom. The van der Waals surface area contributed by atoms with E-state index in [-0.39, 0.29) is 5.78 Å². The first-order valence-electron chi connectivity index (χ1n) is 6.13. The van der Waals surface area contributed by atoms with Crippen molar-refractivity contribution in [1.82, 2.24) is 0 Å². The molecule has 0 saturated carbocycles. The van der Waals surface area contributed by atoms with Gasteiger partial charge in [0.15, 0.2) is 5.78 Å². The maximum absolute atomic E-state index is 12.4. The number of allylic oxidation sites excluding steroid dienone is 1. The Balaban J connectivity index is 1.98. The van der Waals surface area contributed by atoms with Crippen LogP contribution in [0.3, 0.4) is 0 Å². The standard InChI is InChI=1S/C16H14OS/c1-11-6-9-14(18-11)10-13-8-7-12-4-2-3-5-15(12)16(13)17/h2-6,9-10H,7-8H2,1H3/b13-10+. The monoisotopic (exact) mass is 254 g/mol. The fourth-order valence-electron chi connectivity index (χ4n) is 2.36. The SMILES string of the molecule is Cc1ccc(/C=C2\CCc3ccccc3C2=O)s1. The van der Waals surface area contributed by atoms with E-state index >= 15 is 0 Å². The molecule has 1 heterocycles. The quantitative estimate of drug-likeness (QED) is 0.695. The molecule has 1 nitrogen and oxygen atoms in total. The van der Waals surface area contributed by atoms with Gasteiger partial charge in [-0.15, -0.1) is 11.3 Å². The number of fused-ring (bicyclic) bond motifs is 1. The van der Waals surface area contributed by atoms with E-state index in [1.54, 1.807) is 11.3 Å². The van der Waals surface area contributed by atoms with Crippen LogP contribution in [0.1, 0.15) is 32.1 Å². The van der Waals surface area contributed by atoms with Gasteiger partial charge in [0.05, 0.1) is 0 Å². The minimum Gasteiger partial charge on any atom is -0.289 e. The predicted molar refractivity (Wildman–Crippen MR) is 76.1 cm³/mol. The molecule has 1 aliphatic carbocycles. The molecular formula is C16H14OS. The molecule has 0 amide bonds. The fraction of sp³-hybridized carbons (Fsp3) is 0.188. The van der Waals surface area contributed by atoms with Gasteiger partial charge < -0.3 is 0 Å². The van der Waals surface area contributed by atoms with Crippen molar-refractivity contribution in [3.8, 4) is 0 Å². The van der Waals surface area contributed by atoms with Crippen LogP contribution in [-0.2, 0) is 6.42 Å². The van der Waals surface area contributed by atoms with Gasteiger partial charge in [0.2, 0.25) is 0 Å². The highest BCUT2D eigenvalue weighted by atomic mass is 32.1. The molecular weight excluding hydrogens is 240 g/mol. The Morgan fingerprint density at radius 1 is 1.11 bits per heavy atom. The molecule has 0 atom stereocenters. The third-order valence-electron chi connectivity index (χ3n) is 3.29. The van der Waals surface area contributed by atoms with Gasteiger partial charge in [-0.2, -0.15) is 0 Å². The zero-order chi connectivity index (χ0) is 12.5. The van der Waals surface area contributed by atoms with E-state index in [1.165, 1.54) is 15.3 Å². The van der Waals surface area contributed by atoms with Crippen molar-refractivity contribution in [2.45, 2.75) is 19.8 Å². The van der Waals surface area contributed by atoms with Crippen LogP contribution in [0.4, 0.5) is 0 Å². The minimum absolute atomic E-state index is 0.197. The summed E-state index contributed by atoms with van der Waals surface area (Å²) in [6.07, 6.45) is 3.88. The molecule has 2 heteroatoms. The average Bonchev–Trinajstić information content (AvgIpc) is 2.79. The maximum atomic E-state index is 12.4. The van der Waals surface area contributed by atoms with Gasteiger partial charge >= 0.3 is 0 Å². The number of Topliss-reactive ketones (excluding diaryl/α,β-unsaturated/α-hetero) is 1. The molecule has 0 saturated heterocycles. The summed E-state index contributed by atoms with van der Waals surface area (Å²) in [6, 6.07) is 12.1. The van der Waals surface area contributed by atoms with Crippen LogP contribution < -0.4 is 0 Å². The van der Waals surface area contributed by atoms with Gasteiger partial charge in [-0.05, 0) is 43.5 Å². The van der Waals surface area contributed by atoms with Crippen LogP contribution in [0, 0.1) is 6.92 Å². The number of carbonyl (C=O) groups is 1. The smallest absolute Gasteiger partial charge is 0.189 e. The van der Waals surface area contributed by atoms with Gasteiger partial charge in [-0.1, -0.05) is 24.3 Å². The topological polar surface area (TPSA) is 17.1 Å². The van der Waals surface area contributed by atoms with Crippen LogP contribution in [0.15, 0.2) is 42.0 Å². The number of carbonyl (C=O) groups excluding carboxylic acids is 1. The molecule has 0 radical (unpaired) electrons. The third-order valence-corrected chi connectivity index (χ3v) is 4.24. The Hall–Kier alpha value is -1.67. The summed E-state index contributed by atoms with van der Waals surface area (Å²) in [6.45, 7) is 2.09. The first-order valence-corrected chi connectivity index (χ1v) is 6.95. The first kappa shape index (κ1) is 11.4. The average molecular weight is 254 g/mol. The van der Waals surface area contributed by atoms with E-state index in [1.807, 2.05) is 18.2 Å². The summed E-state index contributed by atoms with van der Waals surface area (Å²) in [5, 5.41) is 0. The van der Waals surface area contributed by atoms with E-state index in [0.717, 1.165) is 24.0 Å². The zero-order valence-electron chi connectivity index (χ0n) is 10.3. The van der Waals surface area contributed by atoms with Crippen molar-refractivity contribution in [2.75, 3.05) is 0 Å². The van der Waals surface area contributed by atoms with Gasteiger partial charge in [0.25, 0.3) is 0 Å². The molecule has 0 fully saturated rings. The predicted octanol–water partition coefficient (Wildman–Crippen LogP) is 4.27. The summed E-state index contributed by atoms with van der Waals surface area (Å²) >= 11 is 1.74. The Bertz CT molecular complexity index is 634. The summed E-state index contributed by atoms with van der Waals surface area (Å²) in [5.74, 6) is 0.197. The number of ketones is 1. The summed E-state index contributed by atoms with van der Waals surface area (Å²) < 4.78 is 0. The van der Waals surface area contributed by atoms with Gasteiger partial charge in [0, 0.05) is 20.9 Å². The van der Waals surface area contributed by atoms with E-state index in [0.29, 0.717) is 0 Å². The number of hydrogen-bond donors (Lipinski definition) is 0. The maximum Gasteiger partial charge on any atom is 0.189 e. The summed E-state index contributed by atoms with van der Waals surface area (Å²) in [5.41, 5.74) is 3.00. The number of benzene rings is 1. The van der Waals surface area contributed by atoms with Crippen molar-refractivity contribution < 1.29 is 4.79 Å². The summed E-state index contributed by atoms with van der Waals surface area (Å²) in [7, 11) is 0. The van der Waals surface area contributed by atoms with E-state index < -0.39 is 0 Å². The van der Waals surface area contributed by atoms with Crippen LogP contribution in [0.2, 0.25) is 0 Å². The van der Waals surface area contributed by atoms with E-state index in [9.17, 15) is 4.79 Å². The number of hydrogen-bond acceptors (Lipinski definition) is 2. The lowest BCUT2D eigenvalue weighted by Gasteiger charge is -2.16. The van der Waals surface area contributed by atoms with Crippen molar-refractivity contribution in [1.29, 1.82) is 0 Å². The van der Waals surface area contributed by atoms with Crippen molar-refractivity contribution in [2.24, 2.45) is 0 Å². The lowest BCUT2D eigenvalue weighted by atomic mass is 9.86. The second-order valence-corrected chi connectivity index (χ2v) is 5.92. The van der Waals surface area contributed by atoms with Gasteiger partial charge in [0.1, 0.15) is 0 Å². The molecule has 3 rings (SSSR count). The molecule has 0 bridgehead atoms. The second-order valence-electron chi connectivity index (χ2n) is 4.60. The normalized spacial score (nSPS) is 16.9.